The predicted octanol–water partition coefficient (Wildman–Crippen LogP) is 4.64. The SMILES string of the molecule is O=C(Nc1cc(F)c(Br)cc1F)C1CCCCCC1. The van der Waals surface area contributed by atoms with Crippen molar-refractivity contribution in [2.45, 2.75) is 38.5 Å². The first kappa shape index (κ1) is 14.4. The summed E-state index contributed by atoms with van der Waals surface area (Å²) < 4.78 is 27.0. The summed E-state index contributed by atoms with van der Waals surface area (Å²) in [6.07, 6.45) is 5.99. The van der Waals surface area contributed by atoms with E-state index in [-0.39, 0.29) is 22.0 Å². The zero-order valence-electron chi connectivity index (χ0n) is 10.5. The molecule has 104 valence electrons. The van der Waals surface area contributed by atoms with Crippen LogP contribution in [0.2, 0.25) is 0 Å². The molecule has 1 amide bonds. The number of benzene rings is 1. The quantitative estimate of drug-likeness (QED) is 0.621. The highest BCUT2D eigenvalue weighted by molar-refractivity contribution is 9.10. The number of hydrogen-bond donors (Lipinski definition) is 1. The largest absolute Gasteiger partial charge is 0.323 e. The molecule has 1 saturated carbocycles. The van der Waals surface area contributed by atoms with E-state index in [9.17, 15) is 13.6 Å². The molecule has 5 heteroatoms. The predicted molar refractivity (Wildman–Crippen MR) is 73.9 cm³/mol. The summed E-state index contributed by atoms with van der Waals surface area (Å²) in [5, 5.41) is 2.50. The van der Waals surface area contributed by atoms with Gasteiger partial charge in [-0.15, -0.1) is 0 Å². The zero-order chi connectivity index (χ0) is 13.8. The van der Waals surface area contributed by atoms with Gasteiger partial charge >= 0.3 is 0 Å². The van der Waals surface area contributed by atoms with E-state index in [0.717, 1.165) is 50.7 Å². The smallest absolute Gasteiger partial charge is 0.227 e. The van der Waals surface area contributed by atoms with Crippen LogP contribution in [0.25, 0.3) is 0 Å². The van der Waals surface area contributed by atoms with Crippen molar-refractivity contribution in [1.82, 2.24) is 0 Å². The Hall–Kier alpha value is -0.970. The van der Waals surface area contributed by atoms with Crippen LogP contribution in [0.4, 0.5) is 14.5 Å². The first-order valence-electron chi connectivity index (χ1n) is 6.53. The van der Waals surface area contributed by atoms with Crippen molar-refractivity contribution < 1.29 is 13.6 Å². The highest BCUT2D eigenvalue weighted by atomic mass is 79.9. The minimum Gasteiger partial charge on any atom is -0.323 e. The number of carbonyl (C=O) groups excluding carboxylic acids is 1. The van der Waals surface area contributed by atoms with Gasteiger partial charge < -0.3 is 5.32 Å². The van der Waals surface area contributed by atoms with Gasteiger partial charge in [0, 0.05) is 12.0 Å². The van der Waals surface area contributed by atoms with E-state index in [4.69, 9.17) is 0 Å². The van der Waals surface area contributed by atoms with Crippen LogP contribution in [0.3, 0.4) is 0 Å². The molecule has 0 aromatic heterocycles. The van der Waals surface area contributed by atoms with E-state index >= 15 is 0 Å². The van der Waals surface area contributed by atoms with Crippen LogP contribution in [-0.4, -0.2) is 5.91 Å². The second kappa shape index (κ2) is 6.46. The molecule has 0 atom stereocenters. The Morgan fingerprint density at radius 3 is 2.37 bits per heavy atom. The first-order chi connectivity index (χ1) is 9.08. The van der Waals surface area contributed by atoms with Crippen LogP contribution in [0.1, 0.15) is 38.5 Å². The van der Waals surface area contributed by atoms with Crippen molar-refractivity contribution >= 4 is 27.5 Å². The van der Waals surface area contributed by atoms with Crippen LogP contribution < -0.4 is 5.32 Å². The number of rotatable bonds is 2. The molecule has 19 heavy (non-hydrogen) atoms. The molecule has 1 aromatic rings. The molecule has 0 bridgehead atoms. The molecule has 0 aliphatic heterocycles. The van der Waals surface area contributed by atoms with Gasteiger partial charge in [-0.3, -0.25) is 4.79 Å². The molecule has 1 aromatic carbocycles. The molecule has 0 unspecified atom stereocenters. The second-order valence-electron chi connectivity index (χ2n) is 4.92. The fourth-order valence-corrected chi connectivity index (χ4v) is 2.71. The van der Waals surface area contributed by atoms with E-state index in [1.165, 1.54) is 0 Å². The zero-order valence-corrected chi connectivity index (χ0v) is 12.1. The van der Waals surface area contributed by atoms with Gasteiger partial charge in [-0.25, -0.2) is 8.78 Å². The maximum Gasteiger partial charge on any atom is 0.227 e. The third-order valence-corrected chi connectivity index (χ3v) is 4.10. The lowest BCUT2D eigenvalue weighted by molar-refractivity contribution is -0.120. The molecular formula is C14H16BrF2NO. The molecule has 2 rings (SSSR count). The number of carbonyl (C=O) groups is 1. The summed E-state index contributed by atoms with van der Waals surface area (Å²) in [6, 6.07) is 2.03. The topological polar surface area (TPSA) is 29.1 Å². The third kappa shape index (κ3) is 3.75. The third-order valence-electron chi connectivity index (χ3n) is 3.49. The van der Waals surface area contributed by atoms with Gasteiger partial charge in [-0.1, -0.05) is 25.7 Å². The number of amides is 1. The summed E-state index contributed by atoms with van der Waals surface area (Å²) in [5.74, 6) is -1.51. The fraction of sp³-hybridized carbons (Fsp3) is 0.500. The van der Waals surface area contributed by atoms with E-state index in [2.05, 4.69) is 21.2 Å². The maximum atomic E-state index is 13.6. The molecule has 0 radical (unpaired) electrons. The molecule has 1 aliphatic rings. The Morgan fingerprint density at radius 1 is 1.11 bits per heavy atom. The van der Waals surface area contributed by atoms with Crippen molar-refractivity contribution in [1.29, 1.82) is 0 Å². The summed E-state index contributed by atoms with van der Waals surface area (Å²) in [5.41, 5.74) is -0.0880. The van der Waals surface area contributed by atoms with Gasteiger partial charge in [-0.2, -0.15) is 0 Å². The highest BCUT2D eigenvalue weighted by Crippen LogP contribution is 2.27. The van der Waals surface area contributed by atoms with E-state index in [1.54, 1.807) is 0 Å². The van der Waals surface area contributed by atoms with Crippen LogP contribution >= 0.6 is 15.9 Å². The van der Waals surface area contributed by atoms with Crippen LogP contribution in [-0.2, 0) is 4.79 Å². The Morgan fingerprint density at radius 2 is 1.74 bits per heavy atom. The number of anilines is 1. The standard InChI is InChI=1S/C14H16BrF2NO/c15-10-7-12(17)13(8-11(10)16)18-14(19)9-5-3-1-2-4-6-9/h7-9H,1-6H2,(H,18,19). The molecule has 1 aliphatic carbocycles. The monoisotopic (exact) mass is 331 g/mol. The summed E-state index contributed by atoms with van der Waals surface area (Å²) in [6.45, 7) is 0. The van der Waals surface area contributed by atoms with Crippen LogP contribution in [0.5, 0.6) is 0 Å². The van der Waals surface area contributed by atoms with Gasteiger partial charge in [0.25, 0.3) is 0 Å². The minimum absolute atomic E-state index is 0.0532. The Kier molecular flexibility index (Phi) is 4.91. The lowest BCUT2D eigenvalue weighted by Crippen LogP contribution is -2.23. The second-order valence-corrected chi connectivity index (χ2v) is 5.78. The van der Waals surface area contributed by atoms with Gasteiger partial charge in [0.2, 0.25) is 5.91 Å². The summed E-state index contributed by atoms with van der Waals surface area (Å²) >= 11 is 2.91. The average molecular weight is 332 g/mol. The normalized spacial score (nSPS) is 17.0. The molecular weight excluding hydrogens is 316 g/mol. The van der Waals surface area contributed by atoms with Gasteiger partial charge in [0.1, 0.15) is 11.6 Å². The minimum atomic E-state index is -0.629. The fourth-order valence-electron chi connectivity index (χ4n) is 2.39. The Bertz CT molecular complexity index is 471. The molecule has 2 nitrogen and oxygen atoms in total. The van der Waals surface area contributed by atoms with Crippen LogP contribution in [0.15, 0.2) is 16.6 Å². The number of halogens is 3. The average Bonchev–Trinajstić information content (AvgIpc) is 2.64. The Balaban J connectivity index is 2.07. The lowest BCUT2D eigenvalue weighted by Gasteiger charge is -2.14. The molecule has 1 N–H and O–H groups in total. The number of hydrogen-bond acceptors (Lipinski definition) is 1. The van der Waals surface area contributed by atoms with E-state index in [0.29, 0.717) is 0 Å². The first-order valence-corrected chi connectivity index (χ1v) is 7.32. The highest BCUT2D eigenvalue weighted by Gasteiger charge is 2.21. The van der Waals surface area contributed by atoms with Crippen LogP contribution in [0, 0.1) is 17.6 Å². The molecule has 0 spiro atoms. The van der Waals surface area contributed by atoms with Crippen molar-refractivity contribution in [3.8, 4) is 0 Å². The van der Waals surface area contributed by atoms with Gasteiger partial charge in [-0.05, 0) is 34.8 Å². The Labute approximate surface area is 119 Å². The van der Waals surface area contributed by atoms with Gasteiger partial charge in [0.05, 0.1) is 10.2 Å². The molecule has 0 heterocycles. The van der Waals surface area contributed by atoms with Gasteiger partial charge in [0.15, 0.2) is 0 Å². The van der Waals surface area contributed by atoms with E-state index in [1.807, 2.05) is 0 Å². The molecule has 1 fully saturated rings. The summed E-state index contributed by atoms with van der Waals surface area (Å²) in [4.78, 5) is 12.1. The van der Waals surface area contributed by atoms with E-state index < -0.39 is 11.6 Å². The molecule has 0 saturated heterocycles. The summed E-state index contributed by atoms with van der Waals surface area (Å²) in [7, 11) is 0. The maximum absolute atomic E-state index is 13.6. The van der Waals surface area contributed by atoms with Crippen molar-refractivity contribution in [3.05, 3.63) is 28.2 Å². The lowest BCUT2D eigenvalue weighted by atomic mass is 9.99. The van der Waals surface area contributed by atoms with Crippen molar-refractivity contribution in [2.75, 3.05) is 5.32 Å². The van der Waals surface area contributed by atoms with Crippen molar-refractivity contribution in [2.24, 2.45) is 5.92 Å². The number of nitrogens with one attached hydrogen (secondary N) is 1. The van der Waals surface area contributed by atoms with Crippen molar-refractivity contribution in [3.63, 3.8) is 0 Å².